The third-order valence-electron chi connectivity index (χ3n) is 4.19. The summed E-state index contributed by atoms with van der Waals surface area (Å²) in [6.45, 7) is 1.52. The van der Waals surface area contributed by atoms with Crippen LogP contribution in [0.2, 0.25) is 0 Å². The molecular formula is C18H19N3O3. The van der Waals surface area contributed by atoms with Gasteiger partial charge in [-0.05, 0) is 12.0 Å². The van der Waals surface area contributed by atoms with Crippen LogP contribution in [0, 0.1) is 28.1 Å². The maximum Gasteiger partial charge on any atom is 0.327 e. The number of morpholine rings is 1. The number of rotatable bonds is 6. The topological polar surface area (TPSA) is 106 Å². The number of carboxylic acid groups (broad SMARTS) is 1. The summed E-state index contributed by atoms with van der Waals surface area (Å²) in [5, 5.41) is 31.7. The molecule has 1 aliphatic heterocycles. The molecule has 0 aromatic heterocycles. The Kier molecular flexibility index (Phi) is 6.08. The number of benzene rings is 1. The van der Waals surface area contributed by atoms with Crippen LogP contribution in [0.5, 0.6) is 0 Å². The highest BCUT2D eigenvalue weighted by Gasteiger charge is 2.48. The molecule has 0 radical (unpaired) electrons. The molecule has 0 bridgehead atoms. The van der Waals surface area contributed by atoms with Gasteiger partial charge in [0.2, 0.25) is 0 Å². The van der Waals surface area contributed by atoms with E-state index in [0.29, 0.717) is 19.7 Å². The molecule has 0 aliphatic carbocycles. The molecule has 1 fully saturated rings. The first-order chi connectivity index (χ1) is 11.6. The van der Waals surface area contributed by atoms with Gasteiger partial charge in [0.1, 0.15) is 6.10 Å². The Morgan fingerprint density at radius 3 is 2.67 bits per heavy atom. The Hall–Kier alpha value is -2.67. The van der Waals surface area contributed by atoms with Crippen molar-refractivity contribution in [3.8, 4) is 12.1 Å². The Balaban J connectivity index is 2.43. The predicted octanol–water partition coefficient (Wildman–Crippen LogP) is 1.82. The molecule has 2 rings (SSSR count). The number of nitriles is 2. The average molecular weight is 325 g/mol. The number of carboxylic acids is 1. The highest BCUT2D eigenvalue weighted by Crippen LogP contribution is 2.42. The Bertz CT molecular complexity index is 653. The lowest BCUT2D eigenvalue weighted by molar-refractivity contribution is -0.131. The standard InChI is InChI=1S/C18H19N3O3/c19-12-18(13-20,16-11-21-9-10-24-16)15(7-4-8-17(22)23)14-5-2-1-3-6-14/h1-6,8,15-16,21H,7,9-11H2,(H,22,23)/b8-4+. The van der Waals surface area contributed by atoms with Crippen molar-refractivity contribution in [3.63, 3.8) is 0 Å². The van der Waals surface area contributed by atoms with E-state index < -0.39 is 23.4 Å². The van der Waals surface area contributed by atoms with Gasteiger partial charge >= 0.3 is 5.97 Å². The van der Waals surface area contributed by atoms with E-state index in [1.54, 1.807) is 0 Å². The number of nitrogens with zero attached hydrogens (tertiary/aromatic N) is 2. The first kappa shape index (κ1) is 17.7. The van der Waals surface area contributed by atoms with E-state index in [1.165, 1.54) is 6.08 Å². The van der Waals surface area contributed by atoms with E-state index in [9.17, 15) is 15.3 Å². The number of carbonyl (C=O) groups is 1. The van der Waals surface area contributed by atoms with Crippen LogP contribution in [-0.4, -0.2) is 36.9 Å². The van der Waals surface area contributed by atoms with Crippen LogP contribution in [-0.2, 0) is 9.53 Å². The molecule has 6 nitrogen and oxygen atoms in total. The largest absolute Gasteiger partial charge is 0.478 e. The second kappa shape index (κ2) is 8.26. The van der Waals surface area contributed by atoms with Crippen molar-refractivity contribution in [2.24, 2.45) is 5.41 Å². The van der Waals surface area contributed by atoms with Crippen molar-refractivity contribution in [3.05, 3.63) is 48.0 Å². The summed E-state index contributed by atoms with van der Waals surface area (Å²) >= 11 is 0. The molecule has 1 saturated heterocycles. The predicted molar refractivity (Wildman–Crippen MR) is 86.8 cm³/mol. The van der Waals surface area contributed by atoms with E-state index >= 15 is 0 Å². The van der Waals surface area contributed by atoms with Crippen LogP contribution in [0.25, 0.3) is 0 Å². The molecule has 2 atom stereocenters. The number of hydrogen-bond donors (Lipinski definition) is 2. The smallest absolute Gasteiger partial charge is 0.327 e. The molecule has 1 aromatic rings. The van der Waals surface area contributed by atoms with E-state index in [1.807, 2.05) is 30.3 Å². The fourth-order valence-electron chi connectivity index (χ4n) is 2.98. The molecule has 6 heteroatoms. The van der Waals surface area contributed by atoms with Crippen molar-refractivity contribution in [1.29, 1.82) is 10.5 Å². The molecule has 0 saturated carbocycles. The summed E-state index contributed by atoms with van der Waals surface area (Å²) < 4.78 is 5.71. The number of aliphatic carboxylic acids is 1. The van der Waals surface area contributed by atoms with Crippen LogP contribution in [0.15, 0.2) is 42.5 Å². The van der Waals surface area contributed by atoms with Crippen molar-refractivity contribution in [2.45, 2.75) is 18.4 Å². The zero-order valence-corrected chi connectivity index (χ0v) is 13.2. The zero-order valence-electron chi connectivity index (χ0n) is 13.2. The maximum atomic E-state index is 10.8. The molecule has 2 N–H and O–H groups in total. The second-order valence-corrected chi connectivity index (χ2v) is 5.60. The first-order valence-electron chi connectivity index (χ1n) is 7.73. The quantitative estimate of drug-likeness (QED) is 0.773. The maximum absolute atomic E-state index is 10.8. The molecule has 1 aliphatic rings. The monoisotopic (exact) mass is 325 g/mol. The molecule has 124 valence electrons. The van der Waals surface area contributed by atoms with E-state index in [2.05, 4.69) is 17.5 Å². The van der Waals surface area contributed by atoms with Gasteiger partial charge in [0.15, 0.2) is 5.41 Å². The number of ether oxygens (including phenoxy) is 1. The van der Waals surface area contributed by atoms with E-state index in [0.717, 1.165) is 11.6 Å². The van der Waals surface area contributed by atoms with E-state index in [4.69, 9.17) is 9.84 Å². The Labute approximate surface area is 141 Å². The SMILES string of the molecule is N#CC(C#N)(C1CNCCO1)C(C/C=C/C(=O)O)c1ccccc1. The molecule has 0 amide bonds. The molecule has 0 spiro atoms. The van der Waals surface area contributed by atoms with E-state index in [-0.39, 0.29) is 6.42 Å². The number of allylic oxidation sites excluding steroid dienone is 1. The van der Waals surface area contributed by atoms with Crippen LogP contribution in [0.4, 0.5) is 0 Å². The summed E-state index contributed by atoms with van der Waals surface area (Å²) in [6.07, 6.45) is 2.21. The van der Waals surface area contributed by atoms with Crippen molar-refractivity contribution < 1.29 is 14.6 Å². The molecular weight excluding hydrogens is 306 g/mol. The molecule has 1 heterocycles. The highest BCUT2D eigenvalue weighted by atomic mass is 16.5. The molecule has 24 heavy (non-hydrogen) atoms. The van der Waals surface area contributed by atoms with Crippen LogP contribution < -0.4 is 5.32 Å². The van der Waals surface area contributed by atoms with Crippen molar-refractivity contribution >= 4 is 5.97 Å². The van der Waals surface area contributed by atoms with Crippen molar-refractivity contribution in [2.75, 3.05) is 19.7 Å². The van der Waals surface area contributed by atoms with Crippen LogP contribution in [0.3, 0.4) is 0 Å². The summed E-state index contributed by atoms with van der Waals surface area (Å²) in [5.41, 5.74) is -0.595. The van der Waals surface area contributed by atoms with Crippen LogP contribution >= 0.6 is 0 Å². The van der Waals surface area contributed by atoms with Gasteiger partial charge < -0.3 is 15.2 Å². The summed E-state index contributed by atoms with van der Waals surface area (Å²) in [4.78, 5) is 10.8. The van der Waals surface area contributed by atoms with Gasteiger partial charge in [-0.15, -0.1) is 0 Å². The third kappa shape index (κ3) is 3.80. The van der Waals surface area contributed by atoms with Gasteiger partial charge in [-0.3, -0.25) is 0 Å². The zero-order chi connectivity index (χ0) is 17.4. The second-order valence-electron chi connectivity index (χ2n) is 5.60. The van der Waals surface area contributed by atoms with Gasteiger partial charge in [-0.25, -0.2) is 4.79 Å². The van der Waals surface area contributed by atoms with Gasteiger partial charge in [0.25, 0.3) is 0 Å². The lowest BCUT2D eigenvalue weighted by Gasteiger charge is -2.37. The minimum Gasteiger partial charge on any atom is -0.478 e. The minimum atomic E-state index is -1.41. The normalized spacial score (nSPS) is 19.3. The van der Waals surface area contributed by atoms with Gasteiger partial charge in [0.05, 0.1) is 18.7 Å². The fraction of sp³-hybridized carbons (Fsp3) is 0.389. The molecule has 1 aromatic carbocycles. The Morgan fingerprint density at radius 1 is 1.42 bits per heavy atom. The molecule has 2 unspecified atom stereocenters. The minimum absolute atomic E-state index is 0.261. The third-order valence-corrected chi connectivity index (χ3v) is 4.19. The number of hydrogen-bond acceptors (Lipinski definition) is 5. The average Bonchev–Trinajstić information content (AvgIpc) is 2.63. The fourth-order valence-corrected chi connectivity index (χ4v) is 2.98. The summed E-state index contributed by atoms with van der Waals surface area (Å²) in [5.74, 6) is -1.55. The van der Waals surface area contributed by atoms with Crippen molar-refractivity contribution in [1.82, 2.24) is 5.32 Å². The summed E-state index contributed by atoms with van der Waals surface area (Å²) in [7, 11) is 0. The van der Waals surface area contributed by atoms with Gasteiger partial charge in [-0.2, -0.15) is 10.5 Å². The van der Waals surface area contributed by atoms with Gasteiger partial charge in [0, 0.05) is 25.1 Å². The summed E-state index contributed by atoms with van der Waals surface area (Å²) in [6, 6.07) is 13.5. The Morgan fingerprint density at radius 2 is 2.12 bits per heavy atom. The lowest BCUT2D eigenvalue weighted by atomic mass is 9.68. The van der Waals surface area contributed by atoms with Gasteiger partial charge in [-0.1, -0.05) is 36.4 Å². The highest BCUT2D eigenvalue weighted by molar-refractivity contribution is 5.79. The number of nitrogens with one attached hydrogen (secondary N) is 1. The van der Waals surface area contributed by atoms with Crippen LogP contribution in [0.1, 0.15) is 17.9 Å². The first-order valence-corrected chi connectivity index (χ1v) is 7.73. The lowest BCUT2D eigenvalue weighted by Crippen LogP contribution is -2.50.